The van der Waals surface area contributed by atoms with E-state index in [4.69, 9.17) is 48.8 Å². The molecule has 4 aliphatic rings. The molecule has 0 bridgehead atoms. The van der Waals surface area contributed by atoms with Crippen molar-refractivity contribution in [2.75, 3.05) is 39.6 Å². The van der Waals surface area contributed by atoms with E-state index >= 15 is 0 Å². The summed E-state index contributed by atoms with van der Waals surface area (Å²) in [6.07, 6.45) is -24.9. The van der Waals surface area contributed by atoms with E-state index in [9.17, 15) is 61.3 Å². The van der Waals surface area contributed by atoms with E-state index in [0.29, 0.717) is 0 Å². The lowest BCUT2D eigenvalue weighted by Gasteiger charge is -2.43. The number of rotatable bonds is 10. The van der Waals surface area contributed by atoms with E-state index in [2.05, 4.69) is 0 Å². The van der Waals surface area contributed by atoms with Crippen molar-refractivity contribution in [2.45, 2.75) is 110 Å². The van der Waals surface area contributed by atoms with E-state index in [0.717, 1.165) is 0 Å². The van der Waals surface area contributed by atoms with Crippen LogP contribution in [0.15, 0.2) is 0 Å². The van der Waals surface area contributed by atoms with E-state index in [1.807, 2.05) is 0 Å². The van der Waals surface area contributed by atoms with E-state index in [-0.39, 0.29) is 0 Å². The zero-order chi connectivity index (χ0) is 34.7. The number of aliphatic hydroxyl groups is 16. The lowest BCUT2D eigenvalue weighted by atomic mass is 9.99. The van der Waals surface area contributed by atoms with Gasteiger partial charge in [0, 0.05) is 0 Å². The first-order valence-corrected chi connectivity index (χ1v) is 14.1. The molecule has 1 unspecified atom stereocenters. The highest BCUT2D eigenvalue weighted by molar-refractivity contribution is 4.99. The molecule has 22 heteroatoms. The van der Waals surface area contributed by atoms with Gasteiger partial charge in [0.1, 0.15) is 98.7 Å². The molecule has 0 radical (unpaired) electrons. The van der Waals surface area contributed by atoms with Gasteiger partial charge in [-0.1, -0.05) is 0 Å². The van der Waals surface area contributed by atoms with Gasteiger partial charge >= 0.3 is 0 Å². The fraction of sp³-hybridized carbons (Fsp3) is 1.00. The zero-order valence-electron chi connectivity index (χ0n) is 24.1. The minimum atomic E-state index is -2.37. The van der Waals surface area contributed by atoms with Gasteiger partial charge in [0.05, 0.1) is 26.4 Å². The van der Waals surface area contributed by atoms with E-state index < -0.39 is 149 Å². The zero-order valence-corrected chi connectivity index (χ0v) is 24.1. The molecule has 46 heavy (non-hydrogen) atoms. The summed E-state index contributed by atoms with van der Waals surface area (Å²) in [5.74, 6) is -4.59. The first-order chi connectivity index (χ1) is 21.6. The summed E-state index contributed by atoms with van der Waals surface area (Å²) in [5.41, 5.74) is 0. The van der Waals surface area contributed by atoms with Gasteiger partial charge in [0.15, 0.2) is 12.6 Å². The van der Waals surface area contributed by atoms with Gasteiger partial charge in [0.2, 0.25) is 11.6 Å². The van der Waals surface area contributed by atoms with Crippen LogP contribution in [0.1, 0.15) is 0 Å². The molecule has 4 fully saturated rings. The average Bonchev–Trinajstić information content (AvgIpc) is 3.43. The summed E-state index contributed by atoms with van der Waals surface area (Å²) < 4.78 is 30.5. The molecule has 0 saturated carbocycles. The summed E-state index contributed by atoms with van der Waals surface area (Å²) in [6.45, 7) is -4.40. The molecule has 18 atom stereocenters. The third-order valence-electron chi connectivity index (χ3n) is 8.08. The summed E-state index contributed by atoms with van der Waals surface area (Å²) >= 11 is 0. The predicted octanol–water partition coefficient (Wildman–Crippen LogP) is -10.8. The van der Waals surface area contributed by atoms with Gasteiger partial charge in [0.25, 0.3) is 0 Å². The quantitative estimate of drug-likeness (QED) is 0.101. The maximum absolute atomic E-state index is 10.1. The molecule has 0 aromatic carbocycles. The Morgan fingerprint density at radius 1 is 0.478 bits per heavy atom. The topological polar surface area (TPSA) is 379 Å². The minimum Gasteiger partial charge on any atom is -0.394 e. The van der Waals surface area contributed by atoms with Crippen LogP contribution in [0.25, 0.3) is 0 Å². The SMILES string of the molecule is OC[C@H]1OC(O)(CO[C@H]2O[C@H](CO)[C@@H](O)[C@H](O)[C@H]2O)[C@@H](O)[C@@H]1O.OC[C@H]1O[C@@](CO)(O[C@H]2O[C@H](CO)[C@@H](O)[C@H](O)[C@H]2O)[C@@H](O)[C@@H]1O. The standard InChI is InChI=1S/2C12H22O11/c13-1-4-6(15)8(17)9(18)11(22-4)21-3-12(20)10(19)7(16)5(2-14)23-12;13-1-4-6(16)8(18)9(19)11(21-4)23-12(3-15)10(20)7(17)5(2-14)22-12/h2*4-11,13-20H,1-3H2/t4-,5-,6-,7-,8+,9-,10+,11+,12?;4-,5-,6-,7-,8+,9-,10+,11-,12+/m11/s1. The van der Waals surface area contributed by atoms with Crippen molar-refractivity contribution >= 4 is 0 Å². The monoisotopic (exact) mass is 684 g/mol. The molecule has 16 N–H and O–H groups in total. The summed E-state index contributed by atoms with van der Waals surface area (Å²) in [5, 5.41) is 153. The minimum absolute atomic E-state index is 0.652. The van der Waals surface area contributed by atoms with Crippen molar-refractivity contribution in [2.24, 2.45) is 0 Å². The lowest BCUT2D eigenvalue weighted by molar-refractivity contribution is -0.383. The van der Waals surface area contributed by atoms with Gasteiger partial charge < -0.3 is 110 Å². The third kappa shape index (κ3) is 7.79. The van der Waals surface area contributed by atoms with Crippen molar-refractivity contribution in [1.29, 1.82) is 0 Å². The number of ether oxygens (including phenoxy) is 6. The summed E-state index contributed by atoms with van der Waals surface area (Å²) in [6, 6.07) is 0. The molecule has 22 nitrogen and oxygen atoms in total. The summed E-state index contributed by atoms with van der Waals surface area (Å²) in [4.78, 5) is 0. The Kier molecular flexibility index (Phi) is 13.9. The van der Waals surface area contributed by atoms with Crippen LogP contribution in [0, 0.1) is 0 Å². The molecular formula is C24H44O22. The second-order valence-corrected chi connectivity index (χ2v) is 11.2. The Bertz CT molecular complexity index is 930. The highest BCUT2D eigenvalue weighted by Gasteiger charge is 2.58. The Hall–Kier alpha value is -0.880. The van der Waals surface area contributed by atoms with E-state index in [1.165, 1.54) is 0 Å². The van der Waals surface area contributed by atoms with Crippen LogP contribution < -0.4 is 0 Å². The highest BCUT2D eigenvalue weighted by atomic mass is 16.8. The fourth-order valence-corrected chi connectivity index (χ4v) is 5.17. The first kappa shape index (κ1) is 39.6. The molecule has 0 amide bonds. The molecule has 0 aliphatic carbocycles. The largest absolute Gasteiger partial charge is 0.394 e. The van der Waals surface area contributed by atoms with E-state index in [1.54, 1.807) is 0 Å². The van der Waals surface area contributed by atoms with Gasteiger partial charge in [-0.25, -0.2) is 0 Å². The van der Waals surface area contributed by atoms with Crippen LogP contribution in [-0.4, -0.2) is 231 Å². The summed E-state index contributed by atoms with van der Waals surface area (Å²) in [7, 11) is 0. The average molecular weight is 685 g/mol. The molecule has 4 heterocycles. The number of aliphatic hydroxyl groups excluding tert-OH is 15. The highest BCUT2D eigenvalue weighted by Crippen LogP contribution is 2.36. The van der Waals surface area contributed by atoms with Crippen LogP contribution >= 0.6 is 0 Å². The maximum atomic E-state index is 10.1. The lowest BCUT2D eigenvalue weighted by Crippen LogP contribution is -2.62. The number of hydrogen-bond acceptors (Lipinski definition) is 22. The Labute approximate surface area is 260 Å². The Morgan fingerprint density at radius 3 is 1.35 bits per heavy atom. The molecular weight excluding hydrogens is 640 g/mol. The van der Waals surface area contributed by atoms with Crippen LogP contribution in [0.5, 0.6) is 0 Å². The van der Waals surface area contributed by atoms with Crippen molar-refractivity contribution in [3.8, 4) is 0 Å². The molecule has 4 rings (SSSR count). The van der Waals surface area contributed by atoms with Crippen molar-refractivity contribution < 1.29 is 110 Å². The van der Waals surface area contributed by atoms with Gasteiger partial charge in [-0.15, -0.1) is 0 Å². The van der Waals surface area contributed by atoms with Gasteiger partial charge in [-0.2, -0.15) is 0 Å². The smallest absolute Gasteiger partial charge is 0.224 e. The molecule has 0 aromatic heterocycles. The second-order valence-electron chi connectivity index (χ2n) is 11.2. The number of hydrogen-bond donors (Lipinski definition) is 16. The second kappa shape index (κ2) is 16.2. The van der Waals surface area contributed by atoms with Crippen LogP contribution in [0.3, 0.4) is 0 Å². The van der Waals surface area contributed by atoms with Gasteiger partial charge in [-0.05, 0) is 0 Å². The molecule has 0 spiro atoms. The van der Waals surface area contributed by atoms with Crippen molar-refractivity contribution in [3.63, 3.8) is 0 Å². The third-order valence-corrected chi connectivity index (χ3v) is 8.08. The Balaban J connectivity index is 0.000000250. The molecule has 4 aliphatic heterocycles. The van der Waals surface area contributed by atoms with Crippen molar-refractivity contribution in [1.82, 2.24) is 0 Å². The van der Waals surface area contributed by atoms with Crippen LogP contribution in [-0.2, 0) is 28.4 Å². The Morgan fingerprint density at radius 2 is 0.913 bits per heavy atom. The fourth-order valence-electron chi connectivity index (χ4n) is 5.17. The van der Waals surface area contributed by atoms with Crippen molar-refractivity contribution in [3.05, 3.63) is 0 Å². The van der Waals surface area contributed by atoms with Crippen LogP contribution in [0.2, 0.25) is 0 Å². The predicted molar refractivity (Wildman–Crippen MR) is 137 cm³/mol. The van der Waals surface area contributed by atoms with Crippen LogP contribution in [0.4, 0.5) is 0 Å². The normalized spacial score (nSPS) is 51.1. The molecule has 4 saturated heterocycles. The molecule has 0 aromatic rings. The van der Waals surface area contributed by atoms with Gasteiger partial charge in [-0.3, -0.25) is 0 Å². The molecule has 272 valence electrons. The maximum Gasteiger partial charge on any atom is 0.224 e. The first-order valence-electron chi connectivity index (χ1n) is 14.1.